The topological polar surface area (TPSA) is 107 Å². The molecule has 160 valence electrons. The minimum Gasteiger partial charge on any atom is -0.460 e. The van der Waals surface area contributed by atoms with Crippen molar-refractivity contribution in [2.75, 3.05) is 19.8 Å². The zero-order valence-corrected chi connectivity index (χ0v) is 17.7. The van der Waals surface area contributed by atoms with Crippen molar-refractivity contribution in [2.45, 2.75) is 44.9 Å². The summed E-state index contributed by atoms with van der Waals surface area (Å²) in [5, 5.41) is 0. The molecule has 1 saturated heterocycles. The number of carbonyl (C=O) groups excluding carboxylic acids is 3. The van der Waals surface area contributed by atoms with Crippen LogP contribution in [0.15, 0.2) is 29.2 Å². The molecule has 1 aliphatic rings. The summed E-state index contributed by atoms with van der Waals surface area (Å²) in [6.45, 7) is 7.35. The highest BCUT2D eigenvalue weighted by atomic mass is 32.2. The second-order valence-corrected chi connectivity index (χ2v) is 8.94. The predicted molar refractivity (Wildman–Crippen MR) is 104 cm³/mol. The Hall–Kier alpha value is -2.26. The van der Waals surface area contributed by atoms with E-state index in [-0.39, 0.29) is 40.8 Å². The minimum absolute atomic E-state index is 0.0862. The molecule has 0 aromatic heterocycles. The lowest BCUT2D eigenvalue weighted by molar-refractivity contribution is -0.132. The van der Waals surface area contributed by atoms with E-state index >= 15 is 0 Å². The predicted octanol–water partition coefficient (Wildman–Crippen LogP) is 2.38. The molecular formula is C20H27NO7S. The fourth-order valence-electron chi connectivity index (χ4n) is 2.81. The number of imide groups is 1. The van der Waals surface area contributed by atoms with E-state index in [1.807, 2.05) is 0 Å². The number of hydrogen-bond donors (Lipinski definition) is 0. The number of sulfonamides is 1. The fraction of sp³-hybridized carbons (Fsp3) is 0.550. The first kappa shape index (κ1) is 23.0. The molecule has 1 fully saturated rings. The van der Waals surface area contributed by atoms with Gasteiger partial charge in [-0.1, -0.05) is 27.2 Å². The molecule has 1 aromatic rings. The lowest BCUT2D eigenvalue weighted by atomic mass is 9.95. The van der Waals surface area contributed by atoms with Gasteiger partial charge in [-0.25, -0.2) is 13.2 Å². The summed E-state index contributed by atoms with van der Waals surface area (Å²) < 4.78 is 35.8. The lowest BCUT2D eigenvalue weighted by Crippen LogP contribution is -2.35. The Morgan fingerprint density at radius 1 is 1.03 bits per heavy atom. The van der Waals surface area contributed by atoms with Crippen LogP contribution in [0.4, 0.5) is 0 Å². The van der Waals surface area contributed by atoms with E-state index in [1.165, 1.54) is 24.3 Å². The molecule has 0 saturated carbocycles. The van der Waals surface area contributed by atoms with Crippen LogP contribution in [0.25, 0.3) is 0 Å². The molecule has 8 nitrogen and oxygen atoms in total. The minimum atomic E-state index is -4.26. The van der Waals surface area contributed by atoms with Crippen molar-refractivity contribution in [1.82, 2.24) is 4.31 Å². The molecule has 0 bridgehead atoms. The van der Waals surface area contributed by atoms with Gasteiger partial charge in [0.15, 0.2) is 0 Å². The van der Waals surface area contributed by atoms with Gasteiger partial charge in [0.25, 0.3) is 10.0 Å². The summed E-state index contributed by atoms with van der Waals surface area (Å²) >= 11 is 0. The Morgan fingerprint density at radius 3 is 2.17 bits per heavy atom. The third kappa shape index (κ3) is 5.63. The first-order chi connectivity index (χ1) is 13.7. The largest absolute Gasteiger partial charge is 0.460 e. The van der Waals surface area contributed by atoms with E-state index in [1.54, 1.807) is 0 Å². The van der Waals surface area contributed by atoms with Crippen molar-refractivity contribution >= 4 is 27.8 Å². The number of ether oxygens (including phenoxy) is 2. The van der Waals surface area contributed by atoms with Crippen LogP contribution < -0.4 is 0 Å². The van der Waals surface area contributed by atoms with Crippen LogP contribution in [0.5, 0.6) is 0 Å². The SMILES string of the molecule is CCC(C)C(C)COCCOC(=O)c1ccc(S(=O)(=O)N2C(=O)CCC2=O)cc1. The maximum Gasteiger partial charge on any atom is 0.338 e. The average Bonchev–Trinajstić information content (AvgIpc) is 3.05. The summed E-state index contributed by atoms with van der Waals surface area (Å²) in [5.74, 6) is -1.14. The number of nitrogens with zero attached hydrogens (tertiary/aromatic N) is 1. The van der Waals surface area contributed by atoms with Gasteiger partial charge in [-0.05, 0) is 36.1 Å². The van der Waals surface area contributed by atoms with Crippen molar-refractivity contribution < 1.29 is 32.3 Å². The highest BCUT2D eigenvalue weighted by Gasteiger charge is 2.39. The maximum atomic E-state index is 12.5. The Bertz CT molecular complexity index is 832. The Kier molecular flexibility index (Phi) is 7.92. The van der Waals surface area contributed by atoms with E-state index in [4.69, 9.17) is 9.47 Å². The summed E-state index contributed by atoms with van der Waals surface area (Å²) in [4.78, 5) is 35.2. The van der Waals surface area contributed by atoms with Gasteiger partial charge in [0.2, 0.25) is 11.8 Å². The highest BCUT2D eigenvalue weighted by molar-refractivity contribution is 7.90. The summed E-state index contributed by atoms with van der Waals surface area (Å²) in [7, 11) is -4.26. The Morgan fingerprint density at radius 2 is 1.62 bits per heavy atom. The van der Waals surface area contributed by atoms with E-state index < -0.39 is 27.8 Å². The third-order valence-corrected chi connectivity index (χ3v) is 6.85. The monoisotopic (exact) mass is 425 g/mol. The molecule has 0 aliphatic carbocycles. The van der Waals surface area contributed by atoms with Gasteiger partial charge in [-0.2, -0.15) is 4.31 Å². The Balaban J connectivity index is 1.87. The van der Waals surface area contributed by atoms with Crippen LogP contribution in [0.1, 0.15) is 50.4 Å². The zero-order chi connectivity index (χ0) is 21.6. The summed E-state index contributed by atoms with van der Waals surface area (Å²) in [5.41, 5.74) is 0.163. The van der Waals surface area contributed by atoms with Gasteiger partial charge in [0, 0.05) is 19.4 Å². The molecule has 1 heterocycles. The standard InChI is InChI=1S/C20H27NO7S/c1-4-14(2)15(3)13-27-11-12-28-20(24)16-5-7-17(8-6-16)29(25,26)21-18(22)9-10-19(21)23/h5-8,14-15H,4,9-13H2,1-3H3. The molecule has 0 spiro atoms. The van der Waals surface area contributed by atoms with Gasteiger partial charge in [-0.15, -0.1) is 0 Å². The van der Waals surface area contributed by atoms with E-state index in [2.05, 4.69) is 20.8 Å². The normalized spacial score (nSPS) is 16.7. The Labute approximate surface area is 171 Å². The summed E-state index contributed by atoms with van der Waals surface area (Å²) in [6, 6.07) is 4.92. The number of amides is 2. The van der Waals surface area contributed by atoms with E-state index in [0.717, 1.165) is 6.42 Å². The van der Waals surface area contributed by atoms with Gasteiger partial charge in [0.05, 0.1) is 17.1 Å². The number of rotatable bonds is 10. The molecule has 29 heavy (non-hydrogen) atoms. The van der Waals surface area contributed by atoms with E-state index in [9.17, 15) is 22.8 Å². The number of benzene rings is 1. The number of carbonyl (C=O) groups is 3. The molecule has 2 unspecified atom stereocenters. The molecule has 1 aromatic carbocycles. The smallest absolute Gasteiger partial charge is 0.338 e. The van der Waals surface area contributed by atoms with E-state index in [0.29, 0.717) is 18.4 Å². The fourth-order valence-corrected chi connectivity index (χ4v) is 4.21. The lowest BCUT2D eigenvalue weighted by Gasteiger charge is -2.18. The van der Waals surface area contributed by atoms with Crippen LogP contribution in [0, 0.1) is 11.8 Å². The van der Waals surface area contributed by atoms with Gasteiger partial charge in [-0.3, -0.25) is 9.59 Å². The highest BCUT2D eigenvalue weighted by Crippen LogP contribution is 2.23. The average molecular weight is 426 g/mol. The van der Waals surface area contributed by atoms with Gasteiger partial charge < -0.3 is 9.47 Å². The van der Waals surface area contributed by atoms with Crippen molar-refractivity contribution in [1.29, 1.82) is 0 Å². The van der Waals surface area contributed by atoms with Crippen molar-refractivity contribution in [3.05, 3.63) is 29.8 Å². The molecular weight excluding hydrogens is 398 g/mol. The van der Waals surface area contributed by atoms with Crippen molar-refractivity contribution in [3.63, 3.8) is 0 Å². The molecule has 0 N–H and O–H groups in total. The first-order valence-corrected chi connectivity index (χ1v) is 11.1. The third-order valence-electron chi connectivity index (χ3n) is 5.09. The van der Waals surface area contributed by atoms with Crippen LogP contribution in [0.3, 0.4) is 0 Å². The summed E-state index contributed by atoms with van der Waals surface area (Å²) in [6.07, 6.45) is 0.826. The van der Waals surface area contributed by atoms with Crippen molar-refractivity contribution in [2.24, 2.45) is 11.8 Å². The first-order valence-electron chi connectivity index (χ1n) is 9.64. The number of hydrogen-bond acceptors (Lipinski definition) is 7. The van der Waals surface area contributed by atoms with Crippen molar-refractivity contribution in [3.8, 4) is 0 Å². The molecule has 2 rings (SSSR count). The molecule has 0 radical (unpaired) electrons. The van der Waals surface area contributed by atoms with Crippen LogP contribution >= 0.6 is 0 Å². The zero-order valence-electron chi connectivity index (χ0n) is 16.9. The maximum absolute atomic E-state index is 12.5. The van der Waals surface area contributed by atoms with Crippen LogP contribution in [-0.2, 0) is 29.1 Å². The van der Waals surface area contributed by atoms with Gasteiger partial charge in [0.1, 0.15) is 6.61 Å². The molecule has 1 aliphatic heterocycles. The molecule has 2 amide bonds. The molecule has 2 atom stereocenters. The molecule has 9 heteroatoms. The second-order valence-electron chi connectivity index (χ2n) is 7.15. The van der Waals surface area contributed by atoms with Crippen LogP contribution in [-0.4, -0.2) is 50.3 Å². The van der Waals surface area contributed by atoms with Crippen LogP contribution in [0.2, 0.25) is 0 Å². The van der Waals surface area contributed by atoms with Gasteiger partial charge >= 0.3 is 5.97 Å². The quantitative estimate of drug-likeness (QED) is 0.322. The number of esters is 1. The second kappa shape index (κ2) is 9.98.